The third-order valence-electron chi connectivity index (χ3n) is 3.02. The van der Waals surface area contributed by atoms with Crippen molar-refractivity contribution in [1.82, 2.24) is 0 Å². The van der Waals surface area contributed by atoms with Gasteiger partial charge in [0.1, 0.15) is 5.78 Å². The van der Waals surface area contributed by atoms with Crippen molar-refractivity contribution in [3.8, 4) is 0 Å². The predicted octanol–water partition coefficient (Wildman–Crippen LogP) is 3.93. The van der Waals surface area contributed by atoms with Gasteiger partial charge in [0.15, 0.2) is 0 Å². The number of rotatable bonds is 6. The van der Waals surface area contributed by atoms with Crippen molar-refractivity contribution in [2.24, 2.45) is 5.92 Å². The van der Waals surface area contributed by atoms with Gasteiger partial charge in [-0.2, -0.15) is 0 Å². The fourth-order valence-corrected chi connectivity index (χ4v) is 1.79. The first-order valence-electron chi connectivity index (χ1n) is 6.18. The Morgan fingerprint density at radius 3 is 2.50 bits per heavy atom. The lowest BCUT2D eigenvalue weighted by Gasteiger charge is -2.06. The van der Waals surface area contributed by atoms with E-state index < -0.39 is 0 Å². The summed E-state index contributed by atoms with van der Waals surface area (Å²) < 4.78 is 0. The van der Waals surface area contributed by atoms with Gasteiger partial charge in [-0.3, -0.25) is 4.79 Å². The number of aryl methyl sites for hydroxylation is 2. The SMILES string of the molecule is Cc1ccccc1CCCCC(=O)C(C)C. The molecular formula is C15H22O. The van der Waals surface area contributed by atoms with E-state index in [0.717, 1.165) is 25.7 Å². The van der Waals surface area contributed by atoms with Crippen molar-refractivity contribution < 1.29 is 4.79 Å². The number of carbonyl (C=O) groups excluding carboxylic acids is 1. The molecule has 0 unspecified atom stereocenters. The quantitative estimate of drug-likeness (QED) is 0.661. The molecule has 0 aliphatic heterocycles. The van der Waals surface area contributed by atoms with E-state index in [9.17, 15) is 4.79 Å². The minimum atomic E-state index is 0.193. The standard InChI is InChI=1S/C15H22O/c1-12(2)15(16)11-7-6-10-14-9-5-4-8-13(14)3/h4-5,8-9,12H,6-7,10-11H2,1-3H3. The zero-order valence-corrected chi connectivity index (χ0v) is 10.6. The van der Waals surface area contributed by atoms with Gasteiger partial charge in [0.05, 0.1) is 0 Å². The smallest absolute Gasteiger partial charge is 0.135 e. The van der Waals surface area contributed by atoms with Crippen LogP contribution in [0.2, 0.25) is 0 Å². The summed E-state index contributed by atoms with van der Waals surface area (Å²) in [7, 11) is 0. The van der Waals surface area contributed by atoms with Crippen LogP contribution in [0.5, 0.6) is 0 Å². The second-order valence-electron chi connectivity index (χ2n) is 4.75. The molecule has 0 aliphatic carbocycles. The molecule has 1 aromatic carbocycles. The molecule has 0 bridgehead atoms. The molecule has 1 nitrogen and oxygen atoms in total. The molecule has 16 heavy (non-hydrogen) atoms. The molecule has 0 aromatic heterocycles. The second-order valence-corrected chi connectivity index (χ2v) is 4.75. The van der Waals surface area contributed by atoms with Crippen molar-refractivity contribution in [2.45, 2.75) is 46.5 Å². The lowest BCUT2D eigenvalue weighted by Crippen LogP contribution is -2.06. The molecule has 0 radical (unpaired) electrons. The summed E-state index contributed by atoms with van der Waals surface area (Å²) in [5, 5.41) is 0. The molecule has 0 amide bonds. The van der Waals surface area contributed by atoms with Crippen LogP contribution >= 0.6 is 0 Å². The van der Waals surface area contributed by atoms with Gasteiger partial charge in [-0.25, -0.2) is 0 Å². The first kappa shape index (κ1) is 13.0. The molecule has 0 fully saturated rings. The third kappa shape index (κ3) is 4.18. The van der Waals surface area contributed by atoms with Crippen LogP contribution in [0.1, 0.15) is 44.2 Å². The van der Waals surface area contributed by atoms with Crippen LogP contribution in [0.25, 0.3) is 0 Å². The van der Waals surface area contributed by atoms with E-state index in [2.05, 4.69) is 31.2 Å². The zero-order chi connectivity index (χ0) is 12.0. The number of carbonyl (C=O) groups is 1. The van der Waals surface area contributed by atoms with E-state index in [4.69, 9.17) is 0 Å². The van der Waals surface area contributed by atoms with Crippen LogP contribution in [-0.4, -0.2) is 5.78 Å². The molecular weight excluding hydrogens is 196 g/mol. The largest absolute Gasteiger partial charge is 0.299 e. The maximum Gasteiger partial charge on any atom is 0.135 e. The van der Waals surface area contributed by atoms with E-state index in [-0.39, 0.29) is 5.92 Å². The molecule has 1 aromatic rings. The topological polar surface area (TPSA) is 17.1 Å². The molecule has 0 saturated carbocycles. The van der Waals surface area contributed by atoms with Crippen molar-refractivity contribution >= 4 is 5.78 Å². The fraction of sp³-hybridized carbons (Fsp3) is 0.533. The Kier molecular flexibility index (Phi) is 5.24. The average Bonchev–Trinajstić information content (AvgIpc) is 2.26. The van der Waals surface area contributed by atoms with E-state index >= 15 is 0 Å². The molecule has 1 heteroatoms. The van der Waals surface area contributed by atoms with Gasteiger partial charge in [-0.05, 0) is 37.3 Å². The van der Waals surface area contributed by atoms with Gasteiger partial charge in [-0.1, -0.05) is 38.1 Å². The van der Waals surface area contributed by atoms with Gasteiger partial charge in [-0.15, -0.1) is 0 Å². The number of hydrogen-bond acceptors (Lipinski definition) is 1. The number of Topliss-reactive ketones (excluding diaryl/α,β-unsaturated/α-hetero) is 1. The highest BCUT2D eigenvalue weighted by Crippen LogP contribution is 2.12. The number of ketones is 1. The summed E-state index contributed by atoms with van der Waals surface area (Å²) >= 11 is 0. The molecule has 0 aliphatic rings. The summed E-state index contributed by atoms with van der Waals surface area (Å²) in [5.41, 5.74) is 2.78. The molecule has 0 N–H and O–H groups in total. The van der Waals surface area contributed by atoms with Crippen LogP contribution in [-0.2, 0) is 11.2 Å². The second kappa shape index (κ2) is 6.47. The van der Waals surface area contributed by atoms with Crippen LogP contribution in [0.3, 0.4) is 0 Å². The minimum Gasteiger partial charge on any atom is -0.299 e. The van der Waals surface area contributed by atoms with E-state index in [1.165, 1.54) is 11.1 Å². The third-order valence-corrected chi connectivity index (χ3v) is 3.02. The first-order valence-corrected chi connectivity index (χ1v) is 6.18. The molecule has 1 rings (SSSR count). The molecule has 0 spiro atoms. The maximum absolute atomic E-state index is 11.4. The van der Waals surface area contributed by atoms with Crippen LogP contribution in [0, 0.1) is 12.8 Å². The highest BCUT2D eigenvalue weighted by molar-refractivity contribution is 5.80. The van der Waals surface area contributed by atoms with Crippen LogP contribution < -0.4 is 0 Å². The Morgan fingerprint density at radius 2 is 1.88 bits per heavy atom. The molecule has 0 saturated heterocycles. The fourth-order valence-electron chi connectivity index (χ4n) is 1.79. The summed E-state index contributed by atoms with van der Waals surface area (Å²) in [4.78, 5) is 11.4. The molecule has 0 heterocycles. The lowest BCUT2D eigenvalue weighted by atomic mass is 9.99. The van der Waals surface area contributed by atoms with E-state index in [1.54, 1.807) is 0 Å². The van der Waals surface area contributed by atoms with Crippen molar-refractivity contribution in [2.75, 3.05) is 0 Å². The van der Waals surface area contributed by atoms with Crippen LogP contribution in [0.4, 0.5) is 0 Å². The Bertz CT molecular complexity index is 339. The summed E-state index contributed by atoms with van der Waals surface area (Å²) in [6.07, 6.45) is 3.97. The zero-order valence-electron chi connectivity index (χ0n) is 10.6. The highest BCUT2D eigenvalue weighted by Gasteiger charge is 2.06. The molecule has 88 valence electrons. The summed E-state index contributed by atoms with van der Waals surface area (Å²) in [6, 6.07) is 8.48. The Labute approximate surface area is 98.9 Å². The van der Waals surface area contributed by atoms with Crippen molar-refractivity contribution in [3.05, 3.63) is 35.4 Å². The number of unbranched alkanes of at least 4 members (excludes halogenated alkanes) is 1. The number of hydrogen-bond donors (Lipinski definition) is 0. The van der Waals surface area contributed by atoms with E-state index in [0.29, 0.717) is 5.78 Å². The Hall–Kier alpha value is -1.11. The first-order chi connectivity index (χ1) is 7.61. The van der Waals surface area contributed by atoms with E-state index in [1.807, 2.05) is 13.8 Å². The number of benzene rings is 1. The van der Waals surface area contributed by atoms with Gasteiger partial charge in [0.25, 0.3) is 0 Å². The van der Waals surface area contributed by atoms with Crippen molar-refractivity contribution in [1.29, 1.82) is 0 Å². The average molecular weight is 218 g/mol. The maximum atomic E-state index is 11.4. The summed E-state index contributed by atoms with van der Waals surface area (Å²) in [5.74, 6) is 0.586. The lowest BCUT2D eigenvalue weighted by molar-refractivity contribution is -0.122. The Balaban J connectivity index is 2.26. The van der Waals surface area contributed by atoms with Crippen LogP contribution in [0.15, 0.2) is 24.3 Å². The normalized spacial score (nSPS) is 10.8. The van der Waals surface area contributed by atoms with Gasteiger partial charge in [0, 0.05) is 12.3 Å². The molecule has 0 atom stereocenters. The minimum absolute atomic E-state index is 0.193. The predicted molar refractivity (Wildman–Crippen MR) is 68.6 cm³/mol. The van der Waals surface area contributed by atoms with Gasteiger partial charge in [0.2, 0.25) is 0 Å². The van der Waals surface area contributed by atoms with Gasteiger partial charge >= 0.3 is 0 Å². The Morgan fingerprint density at radius 1 is 1.19 bits per heavy atom. The van der Waals surface area contributed by atoms with Crippen molar-refractivity contribution in [3.63, 3.8) is 0 Å². The van der Waals surface area contributed by atoms with Gasteiger partial charge < -0.3 is 0 Å². The monoisotopic (exact) mass is 218 g/mol. The summed E-state index contributed by atoms with van der Waals surface area (Å²) in [6.45, 7) is 6.10. The highest BCUT2D eigenvalue weighted by atomic mass is 16.1.